The first-order valence-corrected chi connectivity index (χ1v) is 9.53. The lowest BCUT2D eigenvalue weighted by Crippen LogP contribution is -2.52. The van der Waals surface area contributed by atoms with Crippen molar-refractivity contribution in [3.8, 4) is 0 Å². The van der Waals surface area contributed by atoms with Crippen LogP contribution in [0.25, 0.3) is 0 Å². The zero-order valence-electron chi connectivity index (χ0n) is 14.7. The van der Waals surface area contributed by atoms with Crippen LogP contribution in [0, 0.1) is 0 Å². The van der Waals surface area contributed by atoms with E-state index in [1.165, 1.54) is 10.6 Å². The van der Waals surface area contributed by atoms with Crippen LogP contribution in [-0.2, 0) is 6.42 Å². The second-order valence-corrected chi connectivity index (χ2v) is 6.91. The highest BCUT2D eigenvalue weighted by molar-refractivity contribution is 14.0. The summed E-state index contributed by atoms with van der Waals surface area (Å²) in [4.78, 5) is 9.29. The highest BCUT2D eigenvalue weighted by Crippen LogP contribution is 2.22. The Balaban J connectivity index is 0.00000225. The molecule has 2 heterocycles. The predicted octanol–water partition coefficient (Wildman–Crippen LogP) is 3.70. The van der Waals surface area contributed by atoms with Crippen LogP contribution in [0.15, 0.2) is 52.8 Å². The molecule has 0 amide bonds. The number of anilines is 1. The van der Waals surface area contributed by atoms with Crippen molar-refractivity contribution in [1.29, 1.82) is 0 Å². The summed E-state index contributed by atoms with van der Waals surface area (Å²) in [5, 5.41) is 7.04. The normalized spacial score (nSPS) is 15.0. The van der Waals surface area contributed by atoms with Gasteiger partial charge >= 0.3 is 0 Å². The number of nitrogens with one attached hydrogen (secondary N) is 1. The lowest BCUT2D eigenvalue weighted by atomic mass is 10.1. The zero-order chi connectivity index (χ0) is 16.6. The molecule has 1 aromatic heterocycles. The number of aryl methyl sites for hydroxylation is 1. The minimum atomic E-state index is 0. The molecule has 0 radical (unpaired) electrons. The van der Waals surface area contributed by atoms with E-state index in [2.05, 4.69) is 68.0 Å². The summed E-state index contributed by atoms with van der Waals surface area (Å²) in [5.74, 6) is 1.04. The highest BCUT2D eigenvalue weighted by Gasteiger charge is 2.19. The molecule has 0 saturated carbocycles. The molecule has 1 saturated heterocycles. The molecule has 136 valence electrons. The molecule has 0 spiro atoms. The lowest BCUT2D eigenvalue weighted by molar-refractivity contribution is 0.373. The second-order valence-electron chi connectivity index (χ2n) is 5.99. The number of thiophene rings is 1. The van der Waals surface area contributed by atoms with E-state index < -0.39 is 0 Å². The number of hydrogen-bond donors (Lipinski definition) is 1. The van der Waals surface area contributed by atoms with Gasteiger partial charge in [-0.25, -0.2) is 0 Å². The van der Waals surface area contributed by atoms with Crippen molar-refractivity contribution >= 4 is 46.3 Å². The van der Waals surface area contributed by atoms with Crippen LogP contribution in [0.2, 0.25) is 0 Å². The molecule has 1 aliphatic rings. The molecular formula is C19H27IN4S. The van der Waals surface area contributed by atoms with Crippen LogP contribution < -0.4 is 10.2 Å². The van der Waals surface area contributed by atoms with Crippen LogP contribution in [-0.4, -0.2) is 50.6 Å². The Morgan fingerprint density at radius 1 is 1.08 bits per heavy atom. The van der Waals surface area contributed by atoms with Crippen molar-refractivity contribution in [3.63, 3.8) is 0 Å². The Morgan fingerprint density at radius 2 is 1.84 bits per heavy atom. The number of piperazine rings is 1. The van der Waals surface area contributed by atoms with E-state index in [4.69, 9.17) is 0 Å². The van der Waals surface area contributed by atoms with Crippen LogP contribution in [0.5, 0.6) is 0 Å². The van der Waals surface area contributed by atoms with Crippen molar-refractivity contribution in [3.05, 3.63) is 53.4 Å². The molecule has 1 fully saturated rings. The molecule has 0 unspecified atom stereocenters. The van der Waals surface area contributed by atoms with Gasteiger partial charge < -0.3 is 15.1 Å². The SMILES string of the molecule is CN=C(NCCCc1ccccc1)N1CCN(c2cccs2)CC1.I. The first kappa shape index (κ1) is 20.0. The van der Waals surface area contributed by atoms with Crippen LogP contribution >= 0.6 is 35.3 Å². The molecule has 1 aliphatic heterocycles. The number of aliphatic imine (C=N–C) groups is 1. The third-order valence-electron chi connectivity index (χ3n) is 4.38. The van der Waals surface area contributed by atoms with Crippen molar-refractivity contribution in [2.75, 3.05) is 44.7 Å². The van der Waals surface area contributed by atoms with Gasteiger partial charge in [0.2, 0.25) is 0 Å². The third-order valence-corrected chi connectivity index (χ3v) is 5.31. The fourth-order valence-corrected chi connectivity index (χ4v) is 3.84. The maximum Gasteiger partial charge on any atom is 0.193 e. The van der Waals surface area contributed by atoms with Gasteiger partial charge in [-0.2, -0.15) is 0 Å². The largest absolute Gasteiger partial charge is 0.360 e. The van der Waals surface area contributed by atoms with E-state index in [1.54, 1.807) is 0 Å². The summed E-state index contributed by atoms with van der Waals surface area (Å²) in [5.41, 5.74) is 1.40. The molecule has 0 aliphatic carbocycles. The summed E-state index contributed by atoms with van der Waals surface area (Å²) in [6.45, 7) is 5.13. The van der Waals surface area contributed by atoms with E-state index in [0.29, 0.717) is 0 Å². The average molecular weight is 470 g/mol. The number of rotatable bonds is 5. The van der Waals surface area contributed by atoms with E-state index in [9.17, 15) is 0 Å². The van der Waals surface area contributed by atoms with Crippen LogP contribution in [0.3, 0.4) is 0 Å². The summed E-state index contributed by atoms with van der Waals surface area (Å²) in [6.07, 6.45) is 2.23. The standard InChI is InChI=1S/C19H26N4S.HI/c1-20-19(21-11-5-9-17-7-3-2-4-8-17)23-14-12-22(13-15-23)18-10-6-16-24-18;/h2-4,6-8,10,16H,5,9,11-15H2,1H3,(H,20,21);1H. The first-order valence-electron chi connectivity index (χ1n) is 8.65. The molecule has 0 atom stereocenters. The summed E-state index contributed by atoms with van der Waals surface area (Å²) in [7, 11) is 1.88. The van der Waals surface area contributed by atoms with Crippen molar-refractivity contribution in [2.45, 2.75) is 12.8 Å². The van der Waals surface area contributed by atoms with Crippen LogP contribution in [0.4, 0.5) is 5.00 Å². The van der Waals surface area contributed by atoms with Crippen molar-refractivity contribution in [1.82, 2.24) is 10.2 Å². The van der Waals surface area contributed by atoms with E-state index in [0.717, 1.165) is 51.5 Å². The minimum Gasteiger partial charge on any atom is -0.360 e. The molecule has 25 heavy (non-hydrogen) atoms. The lowest BCUT2D eigenvalue weighted by Gasteiger charge is -2.37. The Bertz CT molecular complexity index is 622. The molecule has 3 rings (SSSR count). The fourth-order valence-electron chi connectivity index (χ4n) is 3.06. The number of guanidine groups is 1. The molecular weight excluding hydrogens is 443 g/mol. The Kier molecular flexibility index (Phi) is 8.54. The van der Waals surface area contributed by atoms with Gasteiger partial charge in [0.25, 0.3) is 0 Å². The Morgan fingerprint density at radius 3 is 2.48 bits per heavy atom. The quantitative estimate of drug-likeness (QED) is 0.313. The zero-order valence-corrected chi connectivity index (χ0v) is 17.9. The second kappa shape index (κ2) is 10.7. The number of hydrogen-bond acceptors (Lipinski definition) is 3. The molecule has 6 heteroatoms. The van der Waals surface area contributed by atoms with E-state index in [-0.39, 0.29) is 24.0 Å². The van der Waals surface area contributed by atoms with Gasteiger partial charge in [0.15, 0.2) is 5.96 Å². The molecule has 0 bridgehead atoms. The number of halogens is 1. The molecule has 4 nitrogen and oxygen atoms in total. The molecule has 1 N–H and O–H groups in total. The minimum absolute atomic E-state index is 0. The van der Waals surface area contributed by atoms with Crippen LogP contribution in [0.1, 0.15) is 12.0 Å². The van der Waals surface area contributed by atoms with Gasteiger partial charge in [-0.15, -0.1) is 35.3 Å². The van der Waals surface area contributed by atoms with Gasteiger partial charge in [0.05, 0.1) is 5.00 Å². The maximum absolute atomic E-state index is 4.46. The summed E-state index contributed by atoms with van der Waals surface area (Å²) >= 11 is 1.82. The predicted molar refractivity (Wildman–Crippen MR) is 120 cm³/mol. The van der Waals surface area contributed by atoms with Gasteiger partial charge in [0.1, 0.15) is 0 Å². The van der Waals surface area contributed by atoms with Crippen molar-refractivity contribution in [2.24, 2.45) is 4.99 Å². The Hall–Kier alpha value is -1.28. The van der Waals surface area contributed by atoms with Gasteiger partial charge in [0, 0.05) is 39.8 Å². The van der Waals surface area contributed by atoms with E-state index in [1.807, 2.05) is 18.4 Å². The Labute approximate surface area is 172 Å². The average Bonchev–Trinajstić information content (AvgIpc) is 3.18. The monoisotopic (exact) mass is 470 g/mol. The fraction of sp³-hybridized carbons (Fsp3) is 0.421. The topological polar surface area (TPSA) is 30.9 Å². The summed E-state index contributed by atoms with van der Waals surface area (Å²) < 4.78 is 0. The molecule has 2 aromatic rings. The smallest absolute Gasteiger partial charge is 0.193 e. The number of nitrogens with zero attached hydrogens (tertiary/aromatic N) is 3. The van der Waals surface area contributed by atoms with Gasteiger partial charge in [-0.3, -0.25) is 4.99 Å². The van der Waals surface area contributed by atoms with Gasteiger partial charge in [-0.1, -0.05) is 30.3 Å². The molecule has 1 aromatic carbocycles. The van der Waals surface area contributed by atoms with Gasteiger partial charge in [-0.05, 0) is 35.9 Å². The third kappa shape index (κ3) is 5.88. The summed E-state index contributed by atoms with van der Waals surface area (Å²) in [6, 6.07) is 15.0. The highest BCUT2D eigenvalue weighted by atomic mass is 127. The van der Waals surface area contributed by atoms with Crippen molar-refractivity contribution < 1.29 is 0 Å². The maximum atomic E-state index is 4.46. The number of benzene rings is 1. The van der Waals surface area contributed by atoms with E-state index >= 15 is 0 Å². The first-order chi connectivity index (χ1) is 11.9.